The third-order valence-corrected chi connectivity index (χ3v) is 2.61. The molecule has 2 heteroatoms. The summed E-state index contributed by atoms with van der Waals surface area (Å²) in [4.78, 5) is 0. The lowest BCUT2D eigenvalue weighted by Crippen LogP contribution is -2.48. The van der Waals surface area contributed by atoms with E-state index < -0.39 is 0 Å². The molecule has 0 aromatic rings. The minimum atomic E-state index is 0.366. The molecule has 72 valence electrons. The lowest BCUT2D eigenvalue weighted by atomic mass is 9.92. The summed E-state index contributed by atoms with van der Waals surface area (Å²) in [6, 6.07) is 0.950. The average Bonchev–Trinajstić information content (AvgIpc) is 2.05. The van der Waals surface area contributed by atoms with Gasteiger partial charge in [-0.1, -0.05) is 20.3 Å². The Labute approximate surface area is 75.9 Å². The van der Waals surface area contributed by atoms with Crippen LogP contribution in [0.2, 0.25) is 0 Å². The van der Waals surface area contributed by atoms with E-state index in [9.17, 15) is 0 Å². The van der Waals surface area contributed by atoms with Gasteiger partial charge in [-0.3, -0.25) is 0 Å². The maximum absolute atomic E-state index is 6.09. The topological polar surface area (TPSA) is 38.0 Å². The molecular weight excluding hydrogens is 148 g/mol. The van der Waals surface area contributed by atoms with Gasteiger partial charge in [0, 0.05) is 12.1 Å². The van der Waals surface area contributed by atoms with Crippen LogP contribution >= 0.6 is 0 Å². The predicted octanol–water partition coefficient (Wildman–Crippen LogP) is 1.50. The molecule has 0 saturated carbocycles. The quantitative estimate of drug-likeness (QED) is 0.673. The molecule has 0 aliphatic carbocycles. The molecule has 1 rings (SSSR count). The first-order valence-electron chi connectivity index (χ1n) is 5.19. The number of nitrogens with two attached hydrogens (primary N) is 1. The predicted molar refractivity (Wildman–Crippen MR) is 53.1 cm³/mol. The van der Waals surface area contributed by atoms with Crippen LogP contribution in [-0.2, 0) is 0 Å². The van der Waals surface area contributed by atoms with Crippen molar-refractivity contribution >= 4 is 0 Å². The van der Waals surface area contributed by atoms with Crippen LogP contribution in [0.1, 0.15) is 39.5 Å². The Bertz CT molecular complexity index is 117. The Kier molecular flexibility index (Phi) is 4.02. The molecule has 0 aromatic carbocycles. The number of piperidine rings is 1. The van der Waals surface area contributed by atoms with Gasteiger partial charge < -0.3 is 11.1 Å². The first-order valence-corrected chi connectivity index (χ1v) is 5.19. The van der Waals surface area contributed by atoms with Gasteiger partial charge in [-0.05, 0) is 31.7 Å². The molecule has 3 N–H and O–H groups in total. The van der Waals surface area contributed by atoms with Crippen LogP contribution in [0.4, 0.5) is 0 Å². The molecule has 1 fully saturated rings. The summed E-state index contributed by atoms with van der Waals surface area (Å²) >= 11 is 0. The van der Waals surface area contributed by atoms with Gasteiger partial charge in [0.05, 0.1) is 0 Å². The number of rotatable bonds is 3. The molecule has 1 aliphatic rings. The van der Waals surface area contributed by atoms with Gasteiger partial charge >= 0.3 is 0 Å². The molecule has 0 bridgehead atoms. The third-order valence-electron chi connectivity index (χ3n) is 2.61. The summed E-state index contributed by atoms with van der Waals surface area (Å²) in [6.45, 7) is 5.64. The fourth-order valence-electron chi connectivity index (χ4n) is 1.95. The molecular formula is C10H22N2. The van der Waals surface area contributed by atoms with Crippen molar-refractivity contribution in [2.24, 2.45) is 11.7 Å². The summed E-state index contributed by atoms with van der Waals surface area (Å²) in [5.41, 5.74) is 6.09. The van der Waals surface area contributed by atoms with Crippen molar-refractivity contribution in [3.63, 3.8) is 0 Å². The highest BCUT2D eigenvalue weighted by atomic mass is 15.0. The highest BCUT2D eigenvalue weighted by molar-refractivity contribution is 4.82. The zero-order valence-electron chi connectivity index (χ0n) is 8.34. The van der Waals surface area contributed by atoms with E-state index in [4.69, 9.17) is 5.73 Å². The van der Waals surface area contributed by atoms with Crippen molar-refractivity contribution in [2.75, 3.05) is 6.54 Å². The maximum atomic E-state index is 6.09. The molecule has 0 aromatic heterocycles. The van der Waals surface area contributed by atoms with Crippen molar-refractivity contribution in [3.8, 4) is 0 Å². The van der Waals surface area contributed by atoms with Crippen molar-refractivity contribution < 1.29 is 0 Å². The van der Waals surface area contributed by atoms with Crippen LogP contribution in [0.5, 0.6) is 0 Å². The molecule has 0 amide bonds. The molecule has 0 spiro atoms. The summed E-state index contributed by atoms with van der Waals surface area (Å²) in [6.07, 6.45) is 5.10. The first kappa shape index (κ1) is 10.0. The van der Waals surface area contributed by atoms with E-state index in [1.807, 2.05) is 0 Å². The van der Waals surface area contributed by atoms with Gasteiger partial charge in [0.25, 0.3) is 0 Å². The fourth-order valence-corrected chi connectivity index (χ4v) is 1.95. The van der Waals surface area contributed by atoms with Crippen molar-refractivity contribution in [2.45, 2.75) is 51.6 Å². The second kappa shape index (κ2) is 4.83. The molecule has 12 heavy (non-hydrogen) atoms. The molecule has 0 radical (unpaired) electrons. The molecule has 2 atom stereocenters. The van der Waals surface area contributed by atoms with Gasteiger partial charge in [0.15, 0.2) is 0 Å². The average molecular weight is 170 g/mol. The Morgan fingerprint density at radius 2 is 2.17 bits per heavy atom. The van der Waals surface area contributed by atoms with E-state index in [0.29, 0.717) is 12.1 Å². The lowest BCUT2D eigenvalue weighted by Gasteiger charge is -2.29. The van der Waals surface area contributed by atoms with E-state index >= 15 is 0 Å². The summed E-state index contributed by atoms with van der Waals surface area (Å²) in [7, 11) is 0. The monoisotopic (exact) mass is 170 g/mol. The van der Waals surface area contributed by atoms with E-state index in [2.05, 4.69) is 19.2 Å². The normalized spacial score (nSPS) is 27.5. The van der Waals surface area contributed by atoms with Gasteiger partial charge in [-0.15, -0.1) is 0 Å². The Hall–Kier alpha value is -0.0800. The van der Waals surface area contributed by atoms with Gasteiger partial charge in [-0.2, -0.15) is 0 Å². The fraction of sp³-hybridized carbons (Fsp3) is 1.00. The minimum Gasteiger partial charge on any atom is -0.326 e. The van der Waals surface area contributed by atoms with E-state index in [0.717, 1.165) is 18.9 Å². The largest absolute Gasteiger partial charge is 0.326 e. The molecule has 1 unspecified atom stereocenters. The number of hydrogen-bond donors (Lipinski definition) is 2. The Morgan fingerprint density at radius 1 is 1.42 bits per heavy atom. The number of hydrogen-bond acceptors (Lipinski definition) is 2. The van der Waals surface area contributed by atoms with Crippen molar-refractivity contribution in [1.82, 2.24) is 5.32 Å². The van der Waals surface area contributed by atoms with Crippen molar-refractivity contribution in [1.29, 1.82) is 0 Å². The summed E-state index contributed by atoms with van der Waals surface area (Å²) < 4.78 is 0. The van der Waals surface area contributed by atoms with Crippen LogP contribution in [-0.4, -0.2) is 18.6 Å². The standard InChI is InChI=1S/C10H22N2/c1-8(2)7-9(11)10-5-3-4-6-12-10/h8-10,12H,3-7,11H2,1-2H3/t9-,10?/m0/s1. The van der Waals surface area contributed by atoms with Gasteiger partial charge in [0.2, 0.25) is 0 Å². The molecule has 1 heterocycles. The second-order valence-corrected chi connectivity index (χ2v) is 4.35. The highest BCUT2D eigenvalue weighted by Crippen LogP contribution is 2.14. The minimum absolute atomic E-state index is 0.366. The smallest absolute Gasteiger partial charge is 0.0219 e. The van der Waals surface area contributed by atoms with Crippen LogP contribution in [0.3, 0.4) is 0 Å². The SMILES string of the molecule is CC(C)C[C@H](N)C1CCCCN1. The highest BCUT2D eigenvalue weighted by Gasteiger charge is 2.20. The molecule has 1 aliphatic heterocycles. The summed E-state index contributed by atoms with van der Waals surface area (Å²) in [5.74, 6) is 0.726. The number of nitrogens with one attached hydrogen (secondary N) is 1. The Balaban J connectivity index is 2.24. The van der Waals surface area contributed by atoms with Crippen LogP contribution in [0, 0.1) is 5.92 Å². The second-order valence-electron chi connectivity index (χ2n) is 4.35. The third kappa shape index (κ3) is 3.11. The zero-order chi connectivity index (χ0) is 8.97. The Morgan fingerprint density at radius 3 is 2.67 bits per heavy atom. The first-order chi connectivity index (χ1) is 5.70. The van der Waals surface area contributed by atoms with Crippen molar-refractivity contribution in [3.05, 3.63) is 0 Å². The molecule has 1 saturated heterocycles. The van der Waals surface area contributed by atoms with E-state index in [1.165, 1.54) is 19.3 Å². The maximum Gasteiger partial charge on any atom is 0.0219 e. The van der Waals surface area contributed by atoms with Gasteiger partial charge in [-0.25, -0.2) is 0 Å². The van der Waals surface area contributed by atoms with Crippen LogP contribution in [0.15, 0.2) is 0 Å². The van der Waals surface area contributed by atoms with Crippen LogP contribution in [0.25, 0.3) is 0 Å². The zero-order valence-corrected chi connectivity index (χ0v) is 8.34. The van der Waals surface area contributed by atoms with Crippen LogP contribution < -0.4 is 11.1 Å². The van der Waals surface area contributed by atoms with Gasteiger partial charge in [0.1, 0.15) is 0 Å². The molecule has 2 nitrogen and oxygen atoms in total. The summed E-state index contributed by atoms with van der Waals surface area (Å²) in [5, 5.41) is 3.50. The van der Waals surface area contributed by atoms with E-state index in [-0.39, 0.29) is 0 Å². The van der Waals surface area contributed by atoms with E-state index in [1.54, 1.807) is 0 Å². The lowest BCUT2D eigenvalue weighted by molar-refractivity contribution is 0.319.